The average Bonchev–Trinajstić information content (AvgIpc) is 2.84. The van der Waals surface area contributed by atoms with Crippen LogP contribution in [-0.2, 0) is 6.42 Å². The molecule has 192 valence electrons. The van der Waals surface area contributed by atoms with Crippen molar-refractivity contribution in [3.8, 4) is 17.2 Å². The molecule has 1 unspecified atom stereocenters. The minimum Gasteiger partial charge on any atom is -0.496 e. The lowest BCUT2D eigenvalue weighted by Crippen LogP contribution is -2.55. The van der Waals surface area contributed by atoms with Crippen molar-refractivity contribution in [2.75, 3.05) is 21.3 Å². The van der Waals surface area contributed by atoms with Crippen LogP contribution in [0.3, 0.4) is 0 Å². The van der Waals surface area contributed by atoms with E-state index in [-0.39, 0.29) is 17.0 Å². The summed E-state index contributed by atoms with van der Waals surface area (Å²) in [6.07, 6.45) is 2.27. The van der Waals surface area contributed by atoms with E-state index in [9.17, 15) is 9.59 Å². The summed E-state index contributed by atoms with van der Waals surface area (Å²) >= 11 is 0. The maximum atomic E-state index is 14.0. The van der Waals surface area contributed by atoms with Gasteiger partial charge in [-0.25, -0.2) is 10.4 Å². The molecule has 0 radical (unpaired) electrons. The molecule has 0 fully saturated rings. The number of amides is 2. The molecule has 1 atom stereocenters. The molecule has 7 heteroatoms. The lowest BCUT2D eigenvalue weighted by atomic mass is 9.84. The molecule has 1 N–H and O–H groups in total. The SMILES string of the molecule is CCCC(NN(C(=O)c1cc(OC)c(C)c(OC)c1)C(=O)c1cccc(OC)c1CC)C(C)(C)C. The van der Waals surface area contributed by atoms with Gasteiger partial charge in [-0.05, 0) is 49.4 Å². The zero-order valence-electron chi connectivity index (χ0n) is 22.6. The summed E-state index contributed by atoms with van der Waals surface area (Å²) in [7, 11) is 4.65. The van der Waals surface area contributed by atoms with E-state index in [2.05, 4.69) is 33.1 Å². The zero-order valence-corrected chi connectivity index (χ0v) is 22.6. The number of carbonyl (C=O) groups excluding carboxylic acids is 2. The first-order chi connectivity index (χ1) is 16.5. The standard InChI is InChI=1S/C28H40N2O5/c1-10-13-25(28(4,5)6)29-30(27(32)21-14-12-15-22(33-7)20(21)11-2)26(31)19-16-23(34-8)18(3)24(17-19)35-9/h12,14-17,25,29H,10-11,13H2,1-9H3. The fourth-order valence-electron chi connectivity index (χ4n) is 4.13. The number of imide groups is 1. The number of carbonyl (C=O) groups is 2. The summed E-state index contributed by atoms with van der Waals surface area (Å²) in [4.78, 5) is 27.9. The van der Waals surface area contributed by atoms with Crippen molar-refractivity contribution in [3.05, 3.63) is 52.6 Å². The summed E-state index contributed by atoms with van der Waals surface area (Å²) < 4.78 is 16.4. The normalized spacial score (nSPS) is 12.1. The van der Waals surface area contributed by atoms with Gasteiger partial charge >= 0.3 is 0 Å². The Morgan fingerprint density at radius 1 is 0.943 bits per heavy atom. The Kier molecular flexibility index (Phi) is 9.72. The summed E-state index contributed by atoms with van der Waals surface area (Å²) in [6, 6.07) is 8.47. The van der Waals surface area contributed by atoms with Crippen molar-refractivity contribution in [3.63, 3.8) is 0 Å². The average molecular weight is 485 g/mol. The third-order valence-corrected chi connectivity index (χ3v) is 6.25. The van der Waals surface area contributed by atoms with Crippen LogP contribution >= 0.6 is 0 Å². The fraction of sp³-hybridized carbons (Fsp3) is 0.500. The first-order valence-electron chi connectivity index (χ1n) is 12.1. The number of ether oxygens (including phenoxy) is 3. The van der Waals surface area contributed by atoms with Crippen molar-refractivity contribution < 1.29 is 23.8 Å². The van der Waals surface area contributed by atoms with Crippen LogP contribution in [0.2, 0.25) is 0 Å². The van der Waals surface area contributed by atoms with Crippen LogP contribution in [0.25, 0.3) is 0 Å². The van der Waals surface area contributed by atoms with Gasteiger partial charge in [-0.2, -0.15) is 0 Å². The van der Waals surface area contributed by atoms with Crippen LogP contribution in [0, 0.1) is 12.3 Å². The zero-order chi connectivity index (χ0) is 26.3. The molecular formula is C28H40N2O5. The predicted octanol–water partition coefficient (Wildman–Crippen LogP) is 5.59. The molecule has 35 heavy (non-hydrogen) atoms. The Morgan fingerprint density at radius 3 is 1.97 bits per heavy atom. The second kappa shape index (κ2) is 12.1. The van der Waals surface area contributed by atoms with E-state index >= 15 is 0 Å². The quantitative estimate of drug-likeness (QED) is 0.350. The van der Waals surface area contributed by atoms with Crippen LogP contribution in [0.4, 0.5) is 0 Å². The summed E-state index contributed by atoms with van der Waals surface area (Å²) in [5, 5.41) is 1.14. The van der Waals surface area contributed by atoms with E-state index in [1.165, 1.54) is 14.2 Å². The van der Waals surface area contributed by atoms with Gasteiger partial charge < -0.3 is 14.2 Å². The Labute approximate surface area is 209 Å². The monoisotopic (exact) mass is 484 g/mol. The first-order valence-corrected chi connectivity index (χ1v) is 12.1. The number of hydrogen-bond acceptors (Lipinski definition) is 6. The van der Waals surface area contributed by atoms with Gasteiger partial charge in [0, 0.05) is 28.3 Å². The molecule has 2 aromatic rings. The molecule has 0 aromatic heterocycles. The van der Waals surface area contributed by atoms with Crippen molar-refractivity contribution in [2.45, 2.75) is 66.8 Å². The lowest BCUT2D eigenvalue weighted by Gasteiger charge is -2.36. The van der Waals surface area contributed by atoms with Gasteiger partial charge in [0.2, 0.25) is 0 Å². The number of methoxy groups -OCH3 is 3. The van der Waals surface area contributed by atoms with Gasteiger partial charge in [0.25, 0.3) is 11.8 Å². The molecule has 0 aliphatic heterocycles. The molecule has 0 spiro atoms. The van der Waals surface area contributed by atoms with Gasteiger partial charge in [0.05, 0.1) is 21.3 Å². The topological polar surface area (TPSA) is 77.1 Å². The van der Waals surface area contributed by atoms with E-state index < -0.39 is 11.8 Å². The Morgan fingerprint density at radius 2 is 1.51 bits per heavy atom. The number of nitrogens with zero attached hydrogens (tertiary/aromatic N) is 1. The lowest BCUT2D eigenvalue weighted by molar-refractivity contribution is 0.0424. The fourth-order valence-corrected chi connectivity index (χ4v) is 4.13. The maximum absolute atomic E-state index is 14.0. The van der Waals surface area contributed by atoms with Crippen molar-refractivity contribution in [2.24, 2.45) is 5.41 Å². The molecule has 2 aromatic carbocycles. The van der Waals surface area contributed by atoms with Gasteiger partial charge in [0.15, 0.2) is 0 Å². The van der Waals surface area contributed by atoms with Crippen LogP contribution < -0.4 is 19.6 Å². The number of benzene rings is 2. The molecule has 0 aliphatic rings. The summed E-state index contributed by atoms with van der Waals surface area (Å²) in [6.45, 7) is 12.2. The third-order valence-electron chi connectivity index (χ3n) is 6.25. The number of hydrogen-bond donors (Lipinski definition) is 1. The third kappa shape index (κ3) is 6.34. The second-order valence-electron chi connectivity index (χ2n) is 9.63. The summed E-state index contributed by atoms with van der Waals surface area (Å²) in [5.74, 6) is 0.718. The van der Waals surface area contributed by atoms with Gasteiger partial charge in [-0.15, -0.1) is 0 Å². The number of rotatable bonds is 10. The number of nitrogens with one attached hydrogen (secondary N) is 1. The van der Waals surface area contributed by atoms with E-state index in [1.54, 1.807) is 31.4 Å². The van der Waals surface area contributed by atoms with E-state index in [4.69, 9.17) is 14.2 Å². The number of hydrazine groups is 1. The molecule has 2 rings (SSSR count). The van der Waals surface area contributed by atoms with Crippen LogP contribution in [-0.4, -0.2) is 44.2 Å². The van der Waals surface area contributed by atoms with E-state index in [0.717, 1.165) is 29.0 Å². The molecule has 0 bridgehead atoms. The van der Waals surface area contributed by atoms with E-state index in [1.807, 2.05) is 19.9 Å². The highest BCUT2D eigenvalue weighted by atomic mass is 16.5. The first kappa shape index (κ1) is 28.2. The molecule has 0 saturated heterocycles. The highest BCUT2D eigenvalue weighted by Gasteiger charge is 2.33. The minimum atomic E-state index is -0.484. The maximum Gasteiger partial charge on any atom is 0.275 e. The van der Waals surface area contributed by atoms with Crippen LogP contribution in [0.5, 0.6) is 17.2 Å². The molecule has 2 amide bonds. The highest BCUT2D eigenvalue weighted by Crippen LogP contribution is 2.31. The smallest absolute Gasteiger partial charge is 0.275 e. The Bertz CT molecular complexity index is 1020. The molecule has 0 saturated carbocycles. The Balaban J connectivity index is 2.67. The highest BCUT2D eigenvalue weighted by molar-refractivity contribution is 6.11. The minimum absolute atomic E-state index is 0.120. The largest absolute Gasteiger partial charge is 0.496 e. The molecular weight excluding hydrogens is 444 g/mol. The van der Waals surface area contributed by atoms with Crippen molar-refractivity contribution in [1.82, 2.24) is 10.4 Å². The molecule has 0 heterocycles. The van der Waals surface area contributed by atoms with E-state index in [0.29, 0.717) is 29.2 Å². The second-order valence-corrected chi connectivity index (χ2v) is 9.63. The van der Waals surface area contributed by atoms with Crippen LogP contribution in [0.15, 0.2) is 30.3 Å². The van der Waals surface area contributed by atoms with Crippen molar-refractivity contribution in [1.29, 1.82) is 0 Å². The molecule has 0 aliphatic carbocycles. The van der Waals surface area contributed by atoms with Crippen LogP contribution in [0.1, 0.15) is 79.3 Å². The van der Waals surface area contributed by atoms with Gasteiger partial charge in [0.1, 0.15) is 17.2 Å². The summed E-state index contributed by atoms with van der Waals surface area (Å²) in [5.41, 5.74) is 5.32. The predicted molar refractivity (Wildman–Crippen MR) is 138 cm³/mol. The molecule has 7 nitrogen and oxygen atoms in total. The van der Waals surface area contributed by atoms with Gasteiger partial charge in [-0.1, -0.05) is 47.1 Å². The Hall–Kier alpha value is -3.06. The van der Waals surface area contributed by atoms with Crippen molar-refractivity contribution >= 4 is 11.8 Å². The van der Waals surface area contributed by atoms with Gasteiger partial charge in [-0.3, -0.25) is 9.59 Å².